The lowest BCUT2D eigenvalue weighted by Gasteiger charge is -2.16. The molecule has 5 heteroatoms. The second kappa shape index (κ2) is 8.96. The molecule has 0 aliphatic rings. The molecule has 0 aromatic heterocycles. The van der Waals surface area contributed by atoms with Crippen molar-refractivity contribution in [1.29, 1.82) is 0 Å². The second-order valence-electron chi connectivity index (χ2n) is 4.99. The fraction of sp³-hybridized carbons (Fsp3) is 0.278. The quantitative estimate of drug-likeness (QED) is 0.717. The number of carbonyl (C=O) groups is 1. The van der Waals surface area contributed by atoms with Crippen molar-refractivity contribution in [3.63, 3.8) is 0 Å². The fourth-order valence-corrected chi connectivity index (χ4v) is 3.43. The Hall–Kier alpha value is -1.49. The molecule has 0 aliphatic heterocycles. The minimum absolute atomic E-state index is 0.0143. The Labute approximate surface area is 145 Å². The molecule has 0 saturated carbocycles. The summed E-state index contributed by atoms with van der Waals surface area (Å²) in [5.41, 5.74) is 1.65. The molecule has 1 N–H and O–H groups in total. The lowest BCUT2D eigenvalue weighted by molar-refractivity contribution is 0.0982. The monoisotopic (exact) mass is 350 g/mol. The van der Waals surface area contributed by atoms with Gasteiger partial charge in [-0.2, -0.15) is 11.8 Å². The first-order valence-electron chi connectivity index (χ1n) is 7.29. The number of carbonyl (C=O) groups excluding carboxylic acids is 1. The van der Waals surface area contributed by atoms with E-state index in [0.717, 1.165) is 11.3 Å². The van der Waals surface area contributed by atoms with Gasteiger partial charge in [0.1, 0.15) is 5.75 Å². The van der Waals surface area contributed by atoms with E-state index in [0.29, 0.717) is 22.8 Å². The lowest BCUT2D eigenvalue weighted by atomic mass is 10.0. The highest BCUT2D eigenvalue weighted by atomic mass is 35.5. The number of ether oxygens (including phenoxy) is 1. The largest absolute Gasteiger partial charge is 0.497 e. The first-order chi connectivity index (χ1) is 11.1. The van der Waals surface area contributed by atoms with E-state index in [1.54, 1.807) is 43.1 Å². The Morgan fingerprint density at radius 1 is 1.26 bits per heavy atom. The van der Waals surface area contributed by atoms with Gasteiger partial charge >= 0.3 is 0 Å². The first-order valence-corrected chi connectivity index (χ1v) is 8.72. The third-order valence-corrected chi connectivity index (χ3v) is 4.91. The third kappa shape index (κ3) is 5.27. The van der Waals surface area contributed by atoms with Gasteiger partial charge in [0, 0.05) is 28.0 Å². The summed E-state index contributed by atoms with van der Waals surface area (Å²) in [6.07, 6.45) is 0.358. The number of aliphatic hydroxyl groups excluding tert-OH is 1. The van der Waals surface area contributed by atoms with Crippen LogP contribution in [0.1, 0.15) is 27.6 Å². The molecule has 1 atom stereocenters. The fourth-order valence-electron chi connectivity index (χ4n) is 2.23. The molecule has 0 aliphatic carbocycles. The first kappa shape index (κ1) is 17.9. The van der Waals surface area contributed by atoms with Crippen molar-refractivity contribution in [1.82, 2.24) is 0 Å². The molecule has 2 rings (SSSR count). The summed E-state index contributed by atoms with van der Waals surface area (Å²) in [6.45, 7) is 0.0860. The van der Waals surface area contributed by atoms with Crippen LogP contribution >= 0.6 is 23.4 Å². The molecule has 0 spiro atoms. The van der Waals surface area contributed by atoms with Gasteiger partial charge in [0.2, 0.25) is 0 Å². The van der Waals surface area contributed by atoms with Crippen LogP contribution in [0.25, 0.3) is 0 Å². The van der Waals surface area contributed by atoms with E-state index in [2.05, 4.69) is 0 Å². The molecule has 23 heavy (non-hydrogen) atoms. The van der Waals surface area contributed by atoms with Gasteiger partial charge in [0.15, 0.2) is 5.78 Å². The Kier molecular flexibility index (Phi) is 6.96. The minimum Gasteiger partial charge on any atom is -0.497 e. The number of thioether (sulfide) groups is 1. The zero-order chi connectivity index (χ0) is 16.7. The summed E-state index contributed by atoms with van der Waals surface area (Å²) in [7, 11) is 1.62. The zero-order valence-electron chi connectivity index (χ0n) is 12.9. The van der Waals surface area contributed by atoms with Gasteiger partial charge < -0.3 is 9.84 Å². The number of Topliss-reactive ketones (excluding diaryl/α,β-unsaturated/α-hetero) is 1. The van der Waals surface area contributed by atoms with Gasteiger partial charge in [0.05, 0.1) is 13.7 Å². The van der Waals surface area contributed by atoms with Crippen molar-refractivity contribution in [2.45, 2.75) is 11.7 Å². The predicted molar refractivity (Wildman–Crippen MR) is 95.7 cm³/mol. The topological polar surface area (TPSA) is 46.5 Å². The molecule has 0 bridgehead atoms. The highest BCUT2D eigenvalue weighted by molar-refractivity contribution is 7.99. The molecule has 2 aromatic rings. The highest BCUT2D eigenvalue weighted by Crippen LogP contribution is 2.34. The van der Waals surface area contributed by atoms with Crippen molar-refractivity contribution in [3.8, 4) is 5.75 Å². The van der Waals surface area contributed by atoms with Gasteiger partial charge in [-0.25, -0.2) is 0 Å². The summed E-state index contributed by atoms with van der Waals surface area (Å²) < 4.78 is 5.17. The van der Waals surface area contributed by atoms with Crippen LogP contribution in [0.15, 0.2) is 48.5 Å². The molecule has 3 nitrogen and oxygen atoms in total. The molecule has 1 unspecified atom stereocenters. The van der Waals surface area contributed by atoms with Gasteiger partial charge in [-0.15, -0.1) is 0 Å². The molecular formula is C18H19ClO3S. The molecular weight excluding hydrogens is 332 g/mol. The zero-order valence-corrected chi connectivity index (χ0v) is 14.4. The predicted octanol–water partition coefficient (Wildman–Crippen LogP) is 4.39. The summed E-state index contributed by atoms with van der Waals surface area (Å²) in [6, 6.07) is 14.7. The van der Waals surface area contributed by atoms with Crippen LogP contribution in [-0.2, 0) is 0 Å². The van der Waals surface area contributed by atoms with Gasteiger partial charge in [0.25, 0.3) is 0 Å². The van der Waals surface area contributed by atoms with Crippen molar-refractivity contribution in [3.05, 3.63) is 64.7 Å². The third-order valence-electron chi connectivity index (χ3n) is 3.42. The van der Waals surface area contributed by atoms with Crippen molar-refractivity contribution >= 4 is 29.1 Å². The number of halogens is 1. The number of ketones is 1. The van der Waals surface area contributed by atoms with E-state index in [4.69, 9.17) is 21.4 Å². The molecule has 2 aromatic carbocycles. The number of methoxy groups -OCH3 is 1. The minimum atomic E-state index is -0.0143. The van der Waals surface area contributed by atoms with Crippen molar-refractivity contribution in [2.75, 3.05) is 19.5 Å². The van der Waals surface area contributed by atoms with Crippen molar-refractivity contribution < 1.29 is 14.6 Å². The average molecular weight is 351 g/mol. The number of hydrogen-bond acceptors (Lipinski definition) is 4. The standard InChI is InChI=1S/C18H19ClO3S/c1-22-16-7-5-13(6-8-16)18(23-10-9-20)12-17(21)14-3-2-4-15(19)11-14/h2-8,11,18,20H,9-10,12H2,1H3. The van der Waals surface area contributed by atoms with Gasteiger partial charge in [-0.1, -0.05) is 35.9 Å². The average Bonchev–Trinajstić information content (AvgIpc) is 2.58. The molecule has 0 heterocycles. The number of rotatable bonds is 8. The van der Waals surface area contributed by atoms with Crippen LogP contribution < -0.4 is 4.74 Å². The summed E-state index contributed by atoms with van der Waals surface area (Å²) in [5, 5.41) is 9.63. The van der Waals surface area contributed by atoms with E-state index in [1.165, 1.54) is 0 Å². The highest BCUT2D eigenvalue weighted by Gasteiger charge is 2.18. The number of aliphatic hydroxyl groups is 1. The molecule has 0 radical (unpaired) electrons. The molecule has 122 valence electrons. The van der Waals surface area contributed by atoms with Crippen LogP contribution in [0.2, 0.25) is 5.02 Å². The van der Waals surface area contributed by atoms with Crippen LogP contribution in [0.4, 0.5) is 0 Å². The Balaban J connectivity index is 2.15. The Morgan fingerprint density at radius 2 is 2.00 bits per heavy atom. The normalized spacial score (nSPS) is 12.0. The maximum absolute atomic E-state index is 12.5. The number of benzene rings is 2. The SMILES string of the molecule is COc1ccc(C(CC(=O)c2cccc(Cl)c2)SCCO)cc1. The van der Waals surface area contributed by atoms with E-state index in [1.807, 2.05) is 24.3 Å². The van der Waals surface area contributed by atoms with E-state index in [9.17, 15) is 4.79 Å². The Morgan fingerprint density at radius 3 is 2.61 bits per heavy atom. The summed E-state index contributed by atoms with van der Waals surface area (Å²) in [5.74, 6) is 1.40. The molecule has 0 fully saturated rings. The number of hydrogen-bond donors (Lipinski definition) is 1. The van der Waals surface area contributed by atoms with Crippen LogP contribution in [0, 0.1) is 0 Å². The lowest BCUT2D eigenvalue weighted by Crippen LogP contribution is -2.07. The van der Waals surface area contributed by atoms with E-state index < -0.39 is 0 Å². The Bertz CT molecular complexity index is 643. The van der Waals surface area contributed by atoms with Gasteiger partial charge in [-0.05, 0) is 29.8 Å². The van der Waals surface area contributed by atoms with E-state index in [-0.39, 0.29) is 17.6 Å². The summed E-state index contributed by atoms with van der Waals surface area (Å²) >= 11 is 7.53. The molecule has 0 amide bonds. The maximum Gasteiger partial charge on any atom is 0.164 e. The maximum atomic E-state index is 12.5. The summed E-state index contributed by atoms with van der Waals surface area (Å²) in [4.78, 5) is 12.5. The van der Waals surface area contributed by atoms with Crippen LogP contribution in [-0.4, -0.2) is 30.4 Å². The van der Waals surface area contributed by atoms with E-state index >= 15 is 0 Å². The second-order valence-corrected chi connectivity index (χ2v) is 6.74. The smallest absolute Gasteiger partial charge is 0.164 e. The van der Waals surface area contributed by atoms with Crippen molar-refractivity contribution in [2.24, 2.45) is 0 Å². The van der Waals surface area contributed by atoms with Gasteiger partial charge in [-0.3, -0.25) is 4.79 Å². The van der Waals surface area contributed by atoms with Crippen LogP contribution in [0.5, 0.6) is 5.75 Å². The molecule has 0 saturated heterocycles. The van der Waals surface area contributed by atoms with Crippen LogP contribution in [0.3, 0.4) is 0 Å².